The highest BCUT2D eigenvalue weighted by molar-refractivity contribution is 6.34. The van der Waals surface area contributed by atoms with Crippen LogP contribution in [-0.4, -0.2) is 4.98 Å². The summed E-state index contributed by atoms with van der Waals surface area (Å²) in [6.45, 7) is 0. The molecule has 0 aliphatic carbocycles. The zero-order valence-corrected chi connectivity index (χ0v) is 11.5. The number of hydrogen-bond acceptors (Lipinski definition) is 3. The highest BCUT2D eigenvalue weighted by Gasteiger charge is 2.18. The standard InChI is InChI=1S/C12H10Cl3N3/c13-7-1-2-10(14)9(5-7)12(18-16)8-3-4-17-6-11(8)15/h1-6,12,18H,16H2. The number of pyridine rings is 1. The van der Waals surface area contributed by atoms with Gasteiger partial charge in [-0.2, -0.15) is 0 Å². The van der Waals surface area contributed by atoms with E-state index in [9.17, 15) is 0 Å². The Hall–Kier alpha value is -0.840. The lowest BCUT2D eigenvalue weighted by Crippen LogP contribution is -2.29. The van der Waals surface area contributed by atoms with Crippen molar-refractivity contribution in [3.05, 3.63) is 62.9 Å². The predicted molar refractivity (Wildman–Crippen MR) is 74.9 cm³/mol. The van der Waals surface area contributed by atoms with E-state index in [0.29, 0.717) is 15.1 Å². The van der Waals surface area contributed by atoms with Crippen LogP contribution in [0.4, 0.5) is 0 Å². The quantitative estimate of drug-likeness (QED) is 0.673. The van der Waals surface area contributed by atoms with Crippen LogP contribution in [0.2, 0.25) is 15.1 Å². The van der Waals surface area contributed by atoms with E-state index in [4.69, 9.17) is 40.6 Å². The Bertz CT molecular complexity index is 560. The maximum absolute atomic E-state index is 6.16. The van der Waals surface area contributed by atoms with E-state index in [-0.39, 0.29) is 6.04 Å². The summed E-state index contributed by atoms with van der Waals surface area (Å²) in [6, 6.07) is 6.63. The van der Waals surface area contributed by atoms with Crippen LogP contribution in [0.5, 0.6) is 0 Å². The lowest BCUT2D eigenvalue weighted by Gasteiger charge is -2.19. The van der Waals surface area contributed by atoms with E-state index in [0.717, 1.165) is 11.1 Å². The number of halogens is 3. The molecular weight excluding hydrogens is 293 g/mol. The molecule has 0 spiro atoms. The second-order valence-corrected chi connectivity index (χ2v) is 4.91. The van der Waals surface area contributed by atoms with Gasteiger partial charge in [-0.05, 0) is 35.4 Å². The minimum atomic E-state index is -0.341. The van der Waals surface area contributed by atoms with Crippen LogP contribution in [0.15, 0.2) is 36.7 Å². The van der Waals surface area contributed by atoms with E-state index in [2.05, 4.69) is 10.4 Å². The summed E-state index contributed by atoms with van der Waals surface area (Å²) in [5.74, 6) is 5.59. The van der Waals surface area contributed by atoms with Gasteiger partial charge in [-0.3, -0.25) is 10.8 Å². The van der Waals surface area contributed by atoms with Crippen molar-refractivity contribution < 1.29 is 0 Å². The second-order valence-electron chi connectivity index (χ2n) is 3.66. The van der Waals surface area contributed by atoms with Crippen molar-refractivity contribution in [2.75, 3.05) is 0 Å². The van der Waals surface area contributed by atoms with Gasteiger partial charge in [-0.15, -0.1) is 0 Å². The summed E-state index contributed by atoms with van der Waals surface area (Å²) in [7, 11) is 0. The van der Waals surface area contributed by atoms with Gasteiger partial charge in [-0.1, -0.05) is 34.8 Å². The van der Waals surface area contributed by atoms with Gasteiger partial charge in [0.25, 0.3) is 0 Å². The smallest absolute Gasteiger partial charge is 0.0740 e. The van der Waals surface area contributed by atoms with Crippen molar-refractivity contribution in [2.24, 2.45) is 5.84 Å². The fraction of sp³-hybridized carbons (Fsp3) is 0.0833. The summed E-state index contributed by atoms with van der Waals surface area (Å²) in [5.41, 5.74) is 4.24. The predicted octanol–water partition coefficient (Wildman–Crippen LogP) is 3.59. The number of benzene rings is 1. The van der Waals surface area contributed by atoms with E-state index in [1.54, 1.807) is 36.7 Å². The summed E-state index contributed by atoms with van der Waals surface area (Å²) in [6.07, 6.45) is 3.20. The fourth-order valence-electron chi connectivity index (χ4n) is 1.70. The Morgan fingerprint density at radius 1 is 1.06 bits per heavy atom. The van der Waals surface area contributed by atoms with Gasteiger partial charge in [0.05, 0.1) is 11.1 Å². The zero-order chi connectivity index (χ0) is 13.1. The molecule has 2 rings (SSSR count). The van der Waals surface area contributed by atoms with Crippen molar-refractivity contribution >= 4 is 34.8 Å². The van der Waals surface area contributed by atoms with E-state index in [1.165, 1.54) is 0 Å². The van der Waals surface area contributed by atoms with Crippen LogP contribution in [-0.2, 0) is 0 Å². The molecule has 6 heteroatoms. The van der Waals surface area contributed by atoms with Gasteiger partial charge in [0, 0.05) is 22.4 Å². The van der Waals surface area contributed by atoms with Crippen molar-refractivity contribution in [1.82, 2.24) is 10.4 Å². The molecule has 18 heavy (non-hydrogen) atoms. The number of hydrogen-bond donors (Lipinski definition) is 2. The monoisotopic (exact) mass is 301 g/mol. The molecule has 1 aromatic carbocycles. The lowest BCUT2D eigenvalue weighted by atomic mass is 10.0. The number of aromatic nitrogens is 1. The van der Waals surface area contributed by atoms with Crippen LogP contribution in [0.25, 0.3) is 0 Å². The molecule has 0 saturated carbocycles. The van der Waals surface area contributed by atoms with Crippen LogP contribution in [0, 0.1) is 0 Å². The Kier molecular flexibility index (Phi) is 4.43. The maximum atomic E-state index is 6.16. The molecular formula is C12H10Cl3N3. The normalized spacial score (nSPS) is 12.4. The topological polar surface area (TPSA) is 50.9 Å². The molecule has 1 atom stereocenters. The van der Waals surface area contributed by atoms with Crippen molar-refractivity contribution in [3.63, 3.8) is 0 Å². The average molecular weight is 303 g/mol. The average Bonchev–Trinajstić information content (AvgIpc) is 2.36. The van der Waals surface area contributed by atoms with Crippen molar-refractivity contribution in [3.8, 4) is 0 Å². The first kappa shape index (κ1) is 13.6. The molecule has 0 radical (unpaired) electrons. The van der Waals surface area contributed by atoms with Gasteiger partial charge < -0.3 is 0 Å². The Morgan fingerprint density at radius 2 is 1.83 bits per heavy atom. The third-order valence-electron chi connectivity index (χ3n) is 2.55. The molecule has 3 nitrogen and oxygen atoms in total. The highest BCUT2D eigenvalue weighted by atomic mass is 35.5. The molecule has 0 amide bonds. The molecule has 0 saturated heterocycles. The molecule has 1 heterocycles. The molecule has 0 aliphatic heterocycles. The van der Waals surface area contributed by atoms with Crippen LogP contribution >= 0.6 is 34.8 Å². The number of nitrogens with zero attached hydrogens (tertiary/aromatic N) is 1. The van der Waals surface area contributed by atoms with E-state index >= 15 is 0 Å². The van der Waals surface area contributed by atoms with E-state index in [1.807, 2.05) is 0 Å². The SMILES string of the molecule is NNC(c1ccncc1Cl)c1cc(Cl)ccc1Cl. The summed E-state index contributed by atoms with van der Waals surface area (Å²) >= 11 is 18.2. The van der Waals surface area contributed by atoms with Crippen molar-refractivity contribution in [2.45, 2.75) is 6.04 Å². The molecule has 0 bridgehead atoms. The van der Waals surface area contributed by atoms with Gasteiger partial charge in [0.15, 0.2) is 0 Å². The summed E-state index contributed by atoms with van der Waals surface area (Å²) < 4.78 is 0. The molecule has 2 aromatic rings. The third-order valence-corrected chi connectivity index (χ3v) is 3.45. The Morgan fingerprint density at radius 3 is 2.50 bits per heavy atom. The Balaban J connectivity index is 2.52. The van der Waals surface area contributed by atoms with E-state index < -0.39 is 0 Å². The first-order valence-corrected chi connectivity index (χ1v) is 6.27. The maximum Gasteiger partial charge on any atom is 0.0740 e. The van der Waals surface area contributed by atoms with Crippen LogP contribution in [0.3, 0.4) is 0 Å². The molecule has 0 fully saturated rings. The Labute approximate surface area is 120 Å². The van der Waals surface area contributed by atoms with Gasteiger partial charge >= 0.3 is 0 Å². The largest absolute Gasteiger partial charge is 0.271 e. The molecule has 1 unspecified atom stereocenters. The number of nitrogens with two attached hydrogens (primary N) is 1. The number of nitrogens with one attached hydrogen (secondary N) is 1. The fourth-order valence-corrected chi connectivity index (χ4v) is 2.34. The van der Waals surface area contributed by atoms with Crippen molar-refractivity contribution in [1.29, 1.82) is 0 Å². The van der Waals surface area contributed by atoms with Gasteiger partial charge in [-0.25, -0.2) is 5.43 Å². The number of hydrazine groups is 1. The number of rotatable bonds is 3. The minimum Gasteiger partial charge on any atom is -0.271 e. The molecule has 0 aliphatic rings. The van der Waals surface area contributed by atoms with Crippen LogP contribution < -0.4 is 11.3 Å². The first-order valence-electron chi connectivity index (χ1n) is 5.14. The van der Waals surface area contributed by atoms with Gasteiger partial charge in [0.2, 0.25) is 0 Å². The summed E-state index contributed by atoms with van der Waals surface area (Å²) in [4.78, 5) is 3.94. The summed E-state index contributed by atoms with van der Waals surface area (Å²) in [5, 5.41) is 1.66. The minimum absolute atomic E-state index is 0.341. The lowest BCUT2D eigenvalue weighted by molar-refractivity contribution is 0.636. The first-order chi connectivity index (χ1) is 8.63. The highest BCUT2D eigenvalue weighted by Crippen LogP contribution is 2.32. The zero-order valence-electron chi connectivity index (χ0n) is 9.20. The van der Waals surface area contributed by atoms with Gasteiger partial charge in [0.1, 0.15) is 0 Å². The second kappa shape index (κ2) is 5.87. The third kappa shape index (κ3) is 2.76. The van der Waals surface area contributed by atoms with Crippen LogP contribution in [0.1, 0.15) is 17.2 Å². The molecule has 94 valence electrons. The molecule has 3 N–H and O–H groups in total. The molecule has 1 aromatic heterocycles.